The molecule has 0 aromatic carbocycles. The van der Waals surface area contributed by atoms with E-state index in [9.17, 15) is 4.79 Å². The van der Waals surface area contributed by atoms with Crippen molar-refractivity contribution in [3.63, 3.8) is 0 Å². The first-order valence-electron chi connectivity index (χ1n) is 5.93. The minimum Gasteiger partial charge on any atom is -0.297 e. The Morgan fingerprint density at radius 2 is 2.25 bits per heavy atom. The third-order valence-corrected chi connectivity index (χ3v) is 2.76. The van der Waals surface area contributed by atoms with Crippen LogP contribution in [0.2, 0.25) is 0 Å². The van der Waals surface area contributed by atoms with Crippen LogP contribution in [0, 0.1) is 5.92 Å². The van der Waals surface area contributed by atoms with Crippen LogP contribution in [-0.4, -0.2) is 17.4 Å². The van der Waals surface area contributed by atoms with Crippen LogP contribution in [0.15, 0.2) is 18.2 Å². The zero-order valence-corrected chi connectivity index (χ0v) is 9.94. The summed E-state index contributed by atoms with van der Waals surface area (Å²) in [6.45, 7) is 5.17. The number of pyridine rings is 1. The first-order valence-corrected chi connectivity index (χ1v) is 5.93. The van der Waals surface area contributed by atoms with Crippen molar-refractivity contribution in [3.8, 4) is 0 Å². The molecule has 1 saturated heterocycles. The molecule has 86 valence electrons. The molecule has 3 nitrogen and oxygen atoms in total. The summed E-state index contributed by atoms with van der Waals surface area (Å²) in [7, 11) is 0. The van der Waals surface area contributed by atoms with E-state index in [0.29, 0.717) is 12.3 Å². The zero-order chi connectivity index (χ0) is 11.5. The summed E-state index contributed by atoms with van der Waals surface area (Å²) in [5, 5.41) is 0. The number of carbonyl (C=O) groups is 1. The van der Waals surface area contributed by atoms with Crippen molar-refractivity contribution in [1.82, 2.24) is 4.98 Å². The number of amides is 1. The summed E-state index contributed by atoms with van der Waals surface area (Å²) in [4.78, 5) is 17.9. The maximum absolute atomic E-state index is 11.6. The van der Waals surface area contributed by atoms with Crippen LogP contribution in [0.25, 0.3) is 0 Å². The average molecular weight is 218 g/mol. The molecule has 1 fully saturated rings. The average Bonchev–Trinajstić information content (AvgIpc) is 2.64. The predicted molar refractivity (Wildman–Crippen MR) is 64.4 cm³/mol. The minimum atomic E-state index is 0.203. The molecule has 0 atom stereocenters. The fourth-order valence-electron chi connectivity index (χ4n) is 2.04. The van der Waals surface area contributed by atoms with Gasteiger partial charge < -0.3 is 0 Å². The van der Waals surface area contributed by atoms with Gasteiger partial charge in [-0.2, -0.15) is 0 Å². The van der Waals surface area contributed by atoms with Gasteiger partial charge in [-0.15, -0.1) is 0 Å². The molecule has 0 N–H and O–H groups in total. The number of hydrogen-bond acceptors (Lipinski definition) is 2. The van der Waals surface area contributed by atoms with Crippen LogP contribution >= 0.6 is 0 Å². The highest BCUT2D eigenvalue weighted by Crippen LogP contribution is 2.19. The van der Waals surface area contributed by atoms with E-state index in [1.54, 1.807) is 4.90 Å². The highest BCUT2D eigenvalue weighted by Gasteiger charge is 2.22. The van der Waals surface area contributed by atoms with Gasteiger partial charge >= 0.3 is 0 Å². The number of nitrogens with zero attached hydrogens (tertiary/aromatic N) is 2. The molecule has 0 radical (unpaired) electrons. The van der Waals surface area contributed by atoms with Gasteiger partial charge in [0.2, 0.25) is 5.91 Å². The lowest BCUT2D eigenvalue weighted by molar-refractivity contribution is -0.117. The van der Waals surface area contributed by atoms with Crippen LogP contribution < -0.4 is 4.90 Å². The van der Waals surface area contributed by atoms with Gasteiger partial charge in [0.15, 0.2) is 0 Å². The fraction of sp³-hybridized carbons (Fsp3) is 0.538. The maximum Gasteiger partial charge on any atom is 0.228 e. The highest BCUT2D eigenvalue weighted by atomic mass is 16.2. The first kappa shape index (κ1) is 11.1. The van der Waals surface area contributed by atoms with E-state index in [0.717, 1.165) is 30.9 Å². The topological polar surface area (TPSA) is 33.2 Å². The van der Waals surface area contributed by atoms with Crippen molar-refractivity contribution in [2.45, 2.75) is 33.1 Å². The number of aromatic nitrogens is 1. The molecular formula is C13H18N2O. The molecule has 1 amide bonds. The molecule has 1 aliphatic rings. The van der Waals surface area contributed by atoms with E-state index in [4.69, 9.17) is 0 Å². The standard InChI is InChI=1S/C13H18N2O/c1-10(2)9-11-5-3-6-12(14-11)15-8-4-7-13(15)16/h3,5-6,10H,4,7-9H2,1-2H3. The molecule has 1 aliphatic heterocycles. The molecule has 16 heavy (non-hydrogen) atoms. The van der Waals surface area contributed by atoms with Crippen molar-refractivity contribution in [1.29, 1.82) is 0 Å². The van der Waals surface area contributed by atoms with Gasteiger partial charge in [-0.1, -0.05) is 19.9 Å². The first-order chi connectivity index (χ1) is 7.66. The van der Waals surface area contributed by atoms with Crippen molar-refractivity contribution in [2.24, 2.45) is 5.92 Å². The third kappa shape index (κ3) is 2.40. The van der Waals surface area contributed by atoms with Crippen LogP contribution in [-0.2, 0) is 11.2 Å². The lowest BCUT2D eigenvalue weighted by Crippen LogP contribution is -2.25. The third-order valence-electron chi connectivity index (χ3n) is 2.76. The summed E-state index contributed by atoms with van der Waals surface area (Å²) in [5.74, 6) is 1.62. The molecule has 2 heterocycles. The normalized spacial score (nSPS) is 16.2. The summed E-state index contributed by atoms with van der Waals surface area (Å²) in [6.07, 6.45) is 2.58. The Hall–Kier alpha value is -1.38. The van der Waals surface area contributed by atoms with Crippen LogP contribution in [0.1, 0.15) is 32.4 Å². The lowest BCUT2D eigenvalue weighted by atomic mass is 10.1. The number of carbonyl (C=O) groups excluding carboxylic acids is 1. The minimum absolute atomic E-state index is 0.203. The van der Waals surface area contributed by atoms with Crippen LogP contribution in [0.4, 0.5) is 5.82 Å². The van der Waals surface area contributed by atoms with Gasteiger partial charge in [-0.3, -0.25) is 9.69 Å². The Balaban J connectivity index is 2.18. The van der Waals surface area contributed by atoms with Crippen LogP contribution in [0.5, 0.6) is 0 Å². The van der Waals surface area contributed by atoms with Crippen LogP contribution in [0.3, 0.4) is 0 Å². The van der Waals surface area contributed by atoms with E-state index < -0.39 is 0 Å². The second kappa shape index (κ2) is 4.64. The summed E-state index contributed by atoms with van der Waals surface area (Å²) in [5.41, 5.74) is 1.08. The fourth-order valence-corrected chi connectivity index (χ4v) is 2.04. The van der Waals surface area contributed by atoms with Crippen molar-refractivity contribution in [2.75, 3.05) is 11.4 Å². The maximum atomic E-state index is 11.6. The van der Waals surface area contributed by atoms with Gasteiger partial charge in [-0.05, 0) is 30.9 Å². The Kier molecular flexibility index (Phi) is 3.22. The quantitative estimate of drug-likeness (QED) is 0.780. The second-order valence-electron chi connectivity index (χ2n) is 4.73. The predicted octanol–water partition coefficient (Wildman–Crippen LogP) is 2.41. The van der Waals surface area contributed by atoms with Gasteiger partial charge in [0.05, 0.1) is 0 Å². The Morgan fingerprint density at radius 1 is 1.44 bits per heavy atom. The number of hydrogen-bond donors (Lipinski definition) is 0. The summed E-state index contributed by atoms with van der Waals surface area (Å²) < 4.78 is 0. The van der Waals surface area contributed by atoms with E-state index >= 15 is 0 Å². The molecule has 0 aliphatic carbocycles. The largest absolute Gasteiger partial charge is 0.297 e. The van der Waals surface area contributed by atoms with E-state index in [1.165, 1.54) is 0 Å². The highest BCUT2D eigenvalue weighted by molar-refractivity contribution is 5.94. The van der Waals surface area contributed by atoms with Gasteiger partial charge in [0, 0.05) is 18.7 Å². The molecule has 0 spiro atoms. The molecule has 1 aromatic rings. The summed E-state index contributed by atoms with van der Waals surface area (Å²) >= 11 is 0. The smallest absolute Gasteiger partial charge is 0.228 e. The summed E-state index contributed by atoms with van der Waals surface area (Å²) in [6, 6.07) is 5.95. The Morgan fingerprint density at radius 3 is 2.88 bits per heavy atom. The van der Waals surface area contributed by atoms with E-state index in [-0.39, 0.29) is 5.91 Å². The molecule has 0 bridgehead atoms. The molecule has 3 heteroatoms. The molecule has 1 aromatic heterocycles. The van der Waals surface area contributed by atoms with Crippen molar-refractivity contribution in [3.05, 3.63) is 23.9 Å². The van der Waals surface area contributed by atoms with Gasteiger partial charge in [0.1, 0.15) is 5.82 Å². The van der Waals surface area contributed by atoms with E-state index in [1.807, 2.05) is 18.2 Å². The molecular weight excluding hydrogens is 200 g/mol. The van der Waals surface area contributed by atoms with Gasteiger partial charge in [-0.25, -0.2) is 4.98 Å². The zero-order valence-electron chi connectivity index (χ0n) is 9.94. The number of anilines is 1. The monoisotopic (exact) mass is 218 g/mol. The van der Waals surface area contributed by atoms with Gasteiger partial charge in [0.25, 0.3) is 0 Å². The van der Waals surface area contributed by atoms with Crippen molar-refractivity contribution < 1.29 is 4.79 Å². The van der Waals surface area contributed by atoms with E-state index in [2.05, 4.69) is 18.8 Å². The lowest BCUT2D eigenvalue weighted by Gasteiger charge is -2.15. The Labute approximate surface area is 96.5 Å². The molecule has 0 unspecified atom stereocenters. The SMILES string of the molecule is CC(C)Cc1cccc(N2CCCC2=O)n1. The number of rotatable bonds is 3. The molecule has 2 rings (SSSR count). The Bertz CT molecular complexity index is 387. The van der Waals surface area contributed by atoms with Crippen molar-refractivity contribution >= 4 is 11.7 Å². The second-order valence-corrected chi connectivity index (χ2v) is 4.73. The molecule has 0 saturated carbocycles.